The number of hydrogen-bond donors (Lipinski definition) is 1. The molecule has 2 atom stereocenters. The maximum absolute atomic E-state index is 13.1. The monoisotopic (exact) mass is 248 g/mol. The summed E-state index contributed by atoms with van der Waals surface area (Å²) in [5.74, 6) is -1.39. The van der Waals surface area contributed by atoms with Crippen molar-refractivity contribution in [2.24, 2.45) is 5.92 Å². The molecule has 1 aromatic carbocycles. The van der Waals surface area contributed by atoms with Crippen LogP contribution in [-0.2, 0) is 4.79 Å². The number of nitrogens with zero attached hydrogens (tertiary/aromatic N) is 2. The highest BCUT2D eigenvalue weighted by Crippen LogP contribution is 2.32. The maximum Gasteiger partial charge on any atom is 0.326 e. The molecule has 1 fully saturated rings. The number of carboxylic acids is 1. The smallest absolute Gasteiger partial charge is 0.326 e. The van der Waals surface area contributed by atoms with Crippen molar-refractivity contribution in [1.82, 2.24) is 0 Å². The lowest BCUT2D eigenvalue weighted by molar-refractivity contribution is -0.139. The molecule has 5 heteroatoms. The van der Waals surface area contributed by atoms with Crippen LogP contribution in [0.15, 0.2) is 18.2 Å². The Kier molecular flexibility index (Phi) is 3.19. The normalized spacial score (nSPS) is 22.8. The fourth-order valence-electron chi connectivity index (χ4n) is 2.44. The molecule has 2 unspecified atom stereocenters. The number of aliphatic carboxylic acids is 1. The number of hydrogen-bond acceptors (Lipinski definition) is 3. The Labute approximate surface area is 104 Å². The van der Waals surface area contributed by atoms with Gasteiger partial charge in [-0.3, -0.25) is 0 Å². The average Bonchev–Trinajstić information content (AvgIpc) is 2.70. The van der Waals surface area contributed by atoms with Gasteiger partial charge in [0.25, 0.3) is 0 Å². The predicted molar refractivity (Wildman–Crippen MR) is 63.7 cm³/mol. The van der Waals surface area contributed by atoms with Crippen molar-refractivity contribution >= 4 is 11.7 Å². The quantitative estimate of drug-likeness (QED) is 0.869. The SMILES string of the molecule is CC1CCN(c2ccc(F)cc2C#N)C1C(=O)O. The van der Waals surface area contributed by atoms with Gasteiger partial charge in [-0.15, -0.1) is 0 Å². The summed E-state index contributed by atoms with van der Waals surface area (Å²) in [6.45, 7) is 2.44. The lowest BCUT2D eigenvalue weighted by atomic mass is 10.0. The minimum atomic E-state index is -0.909. The Bertz CT molecular complexity index is 524. The van der Waals surface area contributed by atoms with Crippen LogP contribution >= 0.6 is 0 Å². The largest absolute Gasteiger partial charge is 0.480 e. The Morgan fingerprint density at radius 3 is 2.94 bits per heavy atom. The topological polar surface area (TPSA) is 64.3 Å². The van der Waals surface area contributed by atoms with E-state index in [1.165, 1.54) is 12.1 Å². The lowest BCUT2D eigenvalue weighted by Gasteiger charge is -2.26. The zero-order chi connectivity index (χ0) is 13.3. The average molecular weight is 248 g/mol. The van der Waals surface area contributed by atoms with E-state index >= 15 is 0 Å². The molecule has 0 amide bonds. The van der Waals surface area contributed by atoms with Crippen LogP contribution in [0, 0.1) is 23.1 Å². The first-order valence-corrected chi connectivity index (χ1v) is 5.73. The Balaban J connectivity index is 2.43. The van der Waals surface area contributed by atoms with Gasteiger partial charge in [-0.25, -0.2) is 9.18 Å². The highest BCUT2D eigenvalue weighted by molar-refractivity contribution is 5.80. The second-order valence-corrected chi connectivity index (χ2v) is 4.52. The summed E-state index contributed by atoms with van der Waals surface area (Å²) in [5.41, 5.74) is 0.672. The third kappa shape index (κ3) is 2.02. The Morgan fingerprint density at radius 1 is 1.61 bits per heavy atom. The molecule has 4 nitrogen and oxygen atoms in total. The summed E-state index contributed by atoms with van der Waals surface area (Å²) < 4.78 is 13.1. The van der Waals surface area contributed by atoms with Crippen LogP contribution in [0.25, 0.3) is 0 Å². The molecule has 1 aromatic rings. The van der Waals surface area contributed by atoms with Crippen molar-refractivity contribution in [3.05, 3.63) is 29.6 Å². The zero-order valence-corrected chi connectivity index (χ0v) is 9.93. The van der Waals surface area contributed by atoms with Gasteiger partial charge in [0.15, 0.2) is 0 Å². The third-order valence-corrected chi connectivity index (χ3v) is 3.34. The van der Waals surface area contributed by atoms with Crippen LogP contribution in [0.2, 0.25) is 0 Å². The molecule has 1 heterocycles. The van der Waals surface area contributed by atoms with Crippen molar-refractivity contribution in [3.8, 4) is 6.07 Å². The predicted octanol–water partition coefficient (Wildman–Crippen LogP) is 2.00. The molecule has 0 aliphatic carbocycles. The molecule has 0 saturated carbocycles. The van der Waals surface area contributed by atoms with E-state index in [9.17, 15) is 14.3 Å². The van der Waals surface area contributed by atoms with Gasteiger partial charge in [0, 0.05) is 6.54 Å². The first-order valence-electron chi connectivity index (χ1n) is 5.73. The minimum absolute atomic E-state index is 0.0131. The van der Waals surface area contributed by atoms with Crippen LogP contribution in [0.3, 0.4) is 0 Å². The van der Waals surface area contributed by atoms with Crippen LogP contribution in [0.1, 0.15) is 18.9 Å². The van der Waals surface area contributed by atoms with Gasteiger partial charge < -0.3 is 10.0 Å². The summed E-state index contributed by atoms with van der Waals surface area (Å²) in [6, 6.07) is 5.12. The molecule has 0 spiro atoms. The van der Waals surface area contributed by atoms with Crippen molar-refractivity contribution in [2.45, 2.75) is 19.4 Å². The van der Waals surface area contributed by atoms with E-state index in [1.54, 1.807) is 4.90 Å². The Morgan fingerprint density at radius 2 is 2.33 bits per heavy atom. The number of halogens is 1. The molecule has 1 aliphatic rings. The Hall–Kier alpha value is -2.09. The van der Waals surface area contributed by atoms with Crippen molar-refractivity contribution in [1.29, 1.82) is 5.26 Å². The number of carbonyl (C=O) groups is 1. The van der Waals surface area contributed by atoms with E-state index in [1.807, 2.05) is 13.0 Å². The van der Waals surface area contributed by atoms with Gasteiger partial charge in [0.1, 0.15) is 17.9 Å². The van der Waals surface area contributed by atoms with Crippen molar-refractivity contribution in [3.63, 3.8) is 0 Å². The number of rotatable bonds is 2. The molecule has 0 bridgehead atoms. The summed E-state index contributed by atoms with van der Waals surface area (Å²) >= 11 is 0. The molecule has 0 radical (unpaired) electrons. The fraction of sp³-hybridized carbons (Fsp3) is 0.385. The number of carboxylic acid groups (broad SMARTS) is 1. The molecular formula is C13H13FN2O2. The van der Waals surface area contributed by atoms with E-state index in [4.69, 9.17) is 5.26 Å². The van der Waals surface area contributed by atoms with Gasteiger partial charge in [-0.2, -0.15) is 5.26 Å². The second-order valence-electron chi connectivity index (χ2n) is 4.52. The second kappa shape index (κ2) is 4.65. The van der Waals surface area contributed by atoms with E-state index in [2.05, 4.69) is 0 Å². The highest BCUT2D eigenvalue weighted by atomic mass is 19.1. The third-order valence-electron chi connectivity index (χ3n) is 3.34. The zero-order valence-electron chi connectivity index (χ0n) is 9.93. The van der Waals surface area contributed by atoms with Gasteiger partial charge in [-0.05, 0) is 30.5 Å². The van der Waals surface area contributed by atoms with Crippen LogP contribution in [0.5, 0.6) is 0 Å². The molecule has 0 aromatic heterocycles. The first-order chi connectivity index (χ1) is 8.54. The molecule has 2 rings (SSSR count). The van der Waals surface area contributed by atoms with Crippen LogP contribution in [0.4, 0.5) is 10.1 Å². The van der Waals surface area contributed by atoms with E-state index in [0.29, 0.717) is 12.2 Å². The van der Waals surface area contributed by atoms with Crippen LogP contribution < -0.4 is 4.90 Å². The molecule has 1 aliphatic heterocycles. The van der Waals surface area contributed by atoms with Gasteiger partial charge in [0.2, 0.25) is 0 Å². The molecule has 18 heavy (non-hydrogen) atoms. The van der Waals surface area contributed by atoms with Gasteiger partial charge in [-0.1, -0.05) is 6.92 Å². The van der Waals surface area contributed by atoms with Crippen LogP contribution in [-0.4, -0.2) is 23.7 Å². The molecule has 1 N–H and O–H groups in total. The lowest BCUT2D eigenvalue weighted by Crippen LogP contribution is -2.39. The van der Waals surface area contributed by atoms with Crippen molar-refractivity contribution < 1.29 is 14.3 Å². The summed E-state index contributed by atoms with van der Waals surface area (Å²) in [4.78, 5) is 12.9. The summed E-state index contributed by atoms with van der Waals surface area (Å²) in [6.07, 6.45) is 0.749. The van der Waals surface area contributed by atoms with Gasteiger partial charge in [0.05, 0.1) is 11.3 Å². The van der Waals surface area contributed by atoms with Crippen molar-refractivity contribution in [2.75, 3.05) is 11.4 Å². The number of anilines is 1. The van der Waals surface area contributed by atoms with E-state index in [0.717, 1.165) is 12.5 Å². The fourth-order valence-corrected chi connectivity index (χ4v) is 2.44. The molecule has 1 saturated heterocycles. The number of benzene rings is 1. The standard InChI is InChI=1S/C13H13FN2O2/c1-8-4-5-16(12(8)13(17)18)11-3-2-10(14)6-9(11)7-15/h2-3,6,8,12H,4-5H2,1H3,(H,17,18). The van der Waals surface area contributed by atoms with E-state index in [-0.39, 0.29) is 11.5 Å². The van der Waals surface area contributed by atoms with Gasteiger partial charge >= 0.3 is 5.97 Å². The minimum Gasteiger partial charge on any atom is -0.480 e. The maximum atomic E-state index is 13.1. The molecular weight excluding hydrogens is 235 g/mol. The van der Waals surface area contributed by atoms with E-state index < -0.39 is 17.8 Å². The summed E-state index contributed by atoms with van der Waals surface area (Å²) in [5, 5.41) is 18.2. The highest BCUT2D eigenvalue weighted by Gasteiger charge is 2.37. The first kappa shape index (κ1) is 12.4. The number of nitriles is 1. The summed E-state index contributed by atoms with van der Waals surface area (Å²) in [7, 11) is 0. The molecule has 94 valence electrons.